The molecule has 0 N–H and O–H groups in total. The smallest absolute Gasteiger partial charge is 0.00299 e. The van der Waals surface area contributed by atoms with Crippen molar-refractivity contribution in [1.29, 1.82) is 0 Å². The van der Waals surface area contributed by atoms with Gasteiger partial charge < -0.3 is 0 Å². The molecule has 10 heavy (non-hydrogen) atoms. The van der Waals surface area contributed by atoms with E-state index in [0.29, 0.717) is 0 Å². The summed E-state index contributed by atoms with van der Waals surface area (Å²) in [6.07, 6.45) is 11.2. The van der Waals surface area contributed by atoms with Crippen molar-refractivity contribution in [3.05, 3.63) is 12.2 Å². The Balaban J connectivity index is 2.88. The molecule has 0 atom stereocenters. The molecule has 0 aliphatic rings. The molecule has 0 radical (unpaired) electrons. The van der Waals surface area contributed by atoms with Gasteiger partial charge in [0.25, 0.3) is 0 Å². The Morgan fingerprint density at radius 2 is 1.80 bits per heavy atom. The Morgan fingerprint density at radius 3 is 2.40 bits per heavy atom. The fourth-order valence-electron chi connectivity index (χ4n) is 0.811. The van der Waals surface area contributed by atoms with Gasteiger partial charge in [0, 0.05) is 4.43 Å². The molecule has 0 heterocycles. The molecular weight excluding hydrogens is 235 g/mol. The number of halogens is 1. The van der Waals surface area contributed by atoms with E-state index in [1.165, 1.54) is 36.5 Å². The molecule has 0 aromatic rings. The lowest BCUT2D eigenvalue weighted by atomic mass is 10.2. The lowest BCUT2D eigenvalue weighted by molar-refractivity contribution is 0.728. The number of allylic oxidation sites excluding steroid dienone is 2. The summed E-state index contributed by atoms with van der Waals surface area (Å²) < 4.78 is 1.25. The van der Waals surface area contributed by atoms with Crippen molar-refractivity contribution in [2.24, 2.45) is 0 Å². The van der Waals surface area contributed by atoms with Crippen LogP contribution in [0.2, 0.25) is 0 Å². The Hall–Kier alpha value is 0.470. The predicted octanol–water partition coefficient (Wildman–Crippen LogP) is 3.95. The predicted molar refractivity (Wildman–Crippen MR) is 56.8 cm³/mol. The summed E-state index contributed by atoms with van der Waals surface area (Å²) in [4.78, 5) is 0. The van der Waals surface area contributed by atoms with Crippen molar-refractivity contribution in [2.45, 2.75) is 39.0 Å². The molecule has 0 aliphatic heterocycles. The summed E-state index contributed by atoms with van der Waals surface area (Å²) in [5.41, 5.74) is 0. The van der Waals surface area contributed by atoms with Gasteiger partial charge in [-0.2, -0.15) is 0 Å². The molecule has 0 bridgehead atoms. The second-order valence-electron chi connectivity index (χ2n) is 2.44. The maximum atomic E-state index is 2.40. The van der Waals surface area contributed by atoms with Gasteiger partial charge in [-0.1, -0.05) is 54.5 Å². The van der Waals surface area contributed by atoms with E-state index in [2.05, 4.69) is 41.7 Å². The highest BCUT2D eigenvalue weighted by Gasteiger charge is 1.80. The van der Waals surface area contributed by atoms with Crippen LogP contribution in [0.15, 0.2) is 12.2 Å². The third-order valence-electron chi connectivity index (χ3n) is 1.42. The highest BCUT2D eigenvalue weighted by Crippen LogP contribution is 2.00. The Labute approximate surface area is 78.2 Å². The van der Waals surface area contributed by atoms with Crippen molar-refractivity contribution in [3.8, 4) is 0 Å². The van der Waals surface area contributed by atoms with E-state index in [1.807, 2.05) is 0 Å². The van der Waals surface area contributed by atoms with Crippen LogP contribution in [0.5, 0.6) is 0 Å². The average Bonchev–Trinajstić information content (AvgIpc) is 1.97. The van der Waals surface area contributed by atoms with Gasteiger partial charge in [-0.3, -0.25) is 0 Å². The van der Waals surface area contributed by atoms with Crippen LogP contribution in [0.3, 0.4) is 0 Å². The van der Waals surface area contributed by atoms with Crippen molar-refractivity contribution < 1.29 is 0 Å². The first-order chi connectivity index (χ1) is 4.91. The van der Waals surface area contributed by atoms with Crippen molar-refractivity contribution in [3.63, 3.8) is 0 Å². The maximum absolute atomic E-state index is 2.40. The second kappa shape index (κ2) is 9.47. The average molecular weight is 252 g/mol. The van der Waals surface area contributed by atoms with Crippen molar-refractivity contribution >= 4 is 22.6 Å². The van der Waals surface area contributed by atoms with Gasteiger partial charge >= 0.3 is 0 Å². The maximum Gasteiger partial charge on any atom is 0.00299 e. The fourth-order valence-corrected chi connectivity index (χ4v) is 1.17. The quantitative estimate of drug-likeness (QED) is 0.290. The molecule has 0 unspecified atom stereocenters. The van der Waals surface area contributed by atoms with E-state index >= 15 is 0 Å². The van der Waals surface area contributed by atoms with E-state index in [0.717, 1.165) is 0 Å². The number of unbranched alkanes of at least 4 members (excludes halogenated alkanes) is 3. The summed E-state index contributed by atoms with van der Waals surface area (Å²) in [5.74, 6) is 0. The Bertz CT molecular complexity index is 76.8. The largest absolute Gasteiger partial charge is 0.0885 e. The number of hydrogen-bond donors (Lipinski definition) is 0. The van der Waals surface area contributed by atoms with Gasteiger partial charge in [0.1, 0.15) is 0 Å². The summed E-state index contributed by atoms with van der Waals surface area (Å²) >= 11 is 2.40. The molecule has 0 aromatic heterocycles. The molecule has 0 aromatic carbocycles. The molecule has 0 saturated heterocycles. The van der Waals surface area contributed by atoms with Crippen LogP contribution in [0.25, 0.3) is 0 Å². The summed E-state index contributed by atoms with van der Waals surface area (Å²) in [7, 11) is 0. The van der Waals surface area contributed by atoms with Crippen molar-refractivity contribution in [1.82, 2.24) is 0 Å². The van der Waals surface area contributed by atoms with Crippen LogP contribution in [-0.2, 0) is 0 Å². The van der Waals surface area contributed by atoms with Gasteiger partial charge in [0.15, 0.2) is 0 Å². The zero-order chi connectivity index (χ0) is 7.66. The molecule has 1 heteroatoms. The van der Waals surface area contributed by atoms with Gasteiger partial charge in [-0.15, -0.1) is 0 Å². The third-order valence-corrected chi connectivity index (χ3v) is 2.04. The minimum atomic E-state index is 1.24. The molecule has 0 rings (SSSR count). The van der Waals surface area contributed by atoms with Crippen LogP contribution < -0.4 is 0 Å². The first kappa shape index (κ1) is 10.5. The normalized spacial score (nSPS) is 11.0. The standard InChI is InChI=1S/C9H17I/c1-2-3-4-5-6-7-8-9-10/h6-7H,2-5,8-9H2,1H3/b7-6-. The topological polar surface area (TPSA) is 0 Å². The highest BCUT2D eigenvalue weighted by atomic mass is 127. The van der Waals surface area contributed by atoms with Gasteiger partial charge in [-0.05, 0) is 19.3 Å². The zero-order valence-corrected chi connectivity index (χ0v) is 8.93. The number of alkyl halides is 1. The number of hydrogen-bond acceptors (Lipinski definition) is 0. The summed E-state index contributed by atoms with van der Waals surface area (Å²) in [5, 5.41) is 0. The first-order valence-corrected chi connectivity index (χ1v) is 5.65. The van der Waals surface area contributed by atoms with Gasteiger partial charge in [-0.25, -0.2) is 0 Å². The van der Waals surface area contributed by atoms with Crippen LogP contribution in [0.1, 0.15) is 39.0 Å². The highest BCUT2D eigenvalue weighted by molar-refractivity contribution is 14.1. The van der Waals surface area contributed by atoms with Crippen molar-refractivity contribution in [2.75, 3.05) is 4.43 Å². The SMILES string of the molecule is CCCCC/C=C\CCI. The van der Waals surface area contributed by atoms with Gasteiger partial charge in [0.05, 0.1) is 0 Å². The Morgan fingerprint density at radius 1 is 1.10 bits per heavy atom. The second-order valence-corrected chi connectivity index (χ2v) is 3.52. The summed E-state index contributed by atoms with van der Waals surface area (Å²) in [6.45, 7) is 2.24. The van der Waals surface area contributed by atoms with Gasteiger partial charge in [0.2, 0.25) is 0 Å². The fraction of sp³-hybridized carbons (Fsp3) is 0.778. The minimum absolute atomic E-state index is 1.24. The lowest BCUT2D eigenvalue weighted by Gasteiger charge is -1.90. The Kier molecular flexibility index (Phi) is 9.92. The third kappa shape index (κ3) is 8.47. The summed E-state index contributed by atoms with van der Waals surface area (Å²) in [6, 6.07) is 0. The molecule has 60 valence electrons. The molecule has 0 amide bonds. The van der Waals surface area contributed by atoms with Crippen LogP contribution in [0.4, 0.5) is 0 Å². The van der Waals surface area contributed by atoms with Crippen LogP contribution in [0, 0.1) is 0 Å². The van der Waals surface area contributed by atoms with E-state index in [9.17, 15) is 0 Å². The van der Waals surface area contributed by atoms with Crippen LogP contribution in [-0.4, -0.2) is 4.43 Å². The molecule has 0 spiro atoms. The van der Waals surface area contributed by atoms with E-state index in [-0.39, 0.29) is 0 Å². The monoisotopic (exact) mass is 252 g/mol. The van der Waals surface area contributed by atoms with E-state index < -0.39 is 0 Å². The molecule has 0 fully saturated rings. The molecule has 0 saturated carbocycles. The zero-order valence-electron chi connectivity index (χ0n) is 6.78. The number of rotatable bonds is 6. The minimum Gasteiger partial charge on any atom is -0.0885 e. The molecule has 0 nitrogen and oxygen atoms in total. The lowest BCUT2D eigenvalue weighted by Crippen LogP contribution is -1.71. The van der Waals surface area contributed by atoms with Crippen LogP contribution >= 0.6 is 22.6 Å². The van der Waals surface area contributed by atoms with E-state index in [1.54, 1.807) is 0 Å². The van der Waals surface area contributed by atoms with E-state index in [4.69, 9.17) is 0 Å². The molecule has 0 aliphatic carbocycles. The molecular formula is C9H17I. The first-order valence-electron chi connectivity index (χ1n) is 4.12.